The van der Waals surface area contributed by atoms with E-state index in [2.05, 4.69) is 22.5 Å². The minimum Gasteiger partial charge on any atom is -0.380 e. The number of nitrogens with one attached hydrogen (secondary N) is 1. The lowest BCUT2D eigenvalue weighted by Gasteiger charge is -2.32. The van der Waals surface area contributed by atoms with Crippen LogP contribution in [0.2, 0.25) is 0 Å². The van der Waals surface area contributed by atoms with Gasteiger partial charge in [-0.25, -0.2) is 4.68 Å². The molecule has 1 aromatic heterocycles. The number of nitrogens with zero attached hydrogens (tertiary/aromatic N) is 3. The molecule has 1 aromatic carbocycles. The van der Waals surface area contributed by atoms with Gasteiger partial charge in [0, 0.05) is 38.4 Å². The molecule has 2 heterocycles. The van der Waals surface area contributed by atoms with E-state index in [9.17, 15) is 4.79 Å². The molecule has 0 radical (unpaired) electrons. The molecule has 1 saturated heterocycles. The molecule has 5 heteroatoms. The van der Waals surface area contributed by atoms with Crippen LogP contribution in [-0.4, -0.2) is 39.7 Å². The molecule has 2 aromatic rings. The molecule has 110 valence electrons. The van der Waals surface area contributed by atoms with Gasteiger partial charge in [-0.15, -0.1) is 0 Å². The molecule has 1 aliphatic rings. The van der Waals surface area contributed by atoms with Crippen molar-refractivity contribution >= 4 is 11.6 Å². The van der Waals surface area contributed by atoms with E-state index < -0.39 is 0 Å². The Labute approximate surface area is 124 Å². The first-order chi connectivity index (χ1) is 10.2. The molecule has 0 atom stereocenters. The molecule has 1 amide bonds. The third kappa shape index (κ3) is 3.07. The van der Waals surface area contributed by atoms with Crippen LogP contribution in [-0.2, 0) is 4.79 Å². The zero-order valence-corrected chi connectivity index (χ0v) is 12.2. The van der Waals surface area contributed by atoms with E-state index >= 15 is 0 Å². The van der Waals surface area contributed by atoms with Crippen LogP contribution in [0, 0.1) is 0 Å². The highest BCUT2D eigenvalue weighted by molar-refractivity contribution is 5.73. The first-order valence-electron chi connectivity index (χ1n) is 7.35. The molecule has 21 heavy (non-hydrogen) atoms. The van der Waals surface area contributed by atoms with Crippen molar-refractivity contribution in [2.24, 2.45) is 0 Å². The molecule has 0 bridgehead atoms. The lowest BCUT2D eigenvalue weighted by atomic mass is 10.0. The maximum atomic E-state index is 11.4. The van der Waals surface area contributed by atoms with Crippen LogP contribution in [0.25, 0.3) is 5.69 Å². The number of para-hydroxylation sites is 2. The van der Waals surface area contributed by atoms with Crippen LogP contribution in [0.4, 0.5) is 5.69 Å². The number of carbonyl (C=O) groups excluding carboxylic acids is 1. The number of amides is 1. The Bertz CT molecular complexity index is 600. The summed E-state index contributed by atoms with van der Waals surface area (Å²) < 4.78 is 1.87. The molecule has 3 rings (SSSR count). The zero-order chi connectivity index (χ0) is 14.7. The monoisotopic (exact) mass is 284 g/mol. The molecule has 0 unspecified atom stereocenters. The Morgan fingerprint density at radius 1 is 1.24 bits per heavy atom. The maximum absolute atomic E-state index is 11.4. The molecular weight excluding hydrogens is 264 g/mol. The van der Waals surface area contributed by atoms with Crippen molar-refractivity contribution in [1.29, 1.82) is 0 Å². The van der Waals surface area contributed by atoms with Crippen LogP contribution >= 0.6 is 0 Å². The standard InChI is InChI=1S/C16H20N4O/c1-13(21)19-11-7-14(8-12-19)18-15-5-2-3-6-16(15)20-10-4-9-17-20/h2-6,9-10,14,18H,7-8,11-12H2,1H3. The number of carbonyl (C=O) groups is 1. The van der Waals surface area contributed by atoms with E-state index in [1.54, 1.807) is 13.1 Å². The molecule has 1 N–H and O–H groups in total. The number of benzene rings is 1. The fourth-order valence-corrected chi connectivity index (χ4v) is 2.77. The van der Waals surface area contributed by atoms with Crippen LogP contribution in [0.3, 0.4) is 0 Å². The van der Waals surface area contributed by atoms with Crippen molar-refractivity contribution in [2.75, 3.05) is 18.4 Å². The van der Waals surface area contributed by atoms with E-state index in [0.717, 1.165) is 37.3 Å². The van der Waals surface area contributed by atoms with E-state index in [0.29, 0.717) is 6.04 Å². The fraction of sp³-hybridized carbons (Fsp3) is 0.375. The minimum absolute atomic E-state index is 0.172. The molecule has 0 aliphatic carbocycles. The summed E-state index contributed by atoms with van der Waals surface area (Å²) in [6.07, 6.45) is 5.68. The summed E-state index contributed by atoms with van der Waals surface area (Å²) in [7, 11) is 0. The predicted octanol–water partition coefficient (Wildman–Crippen LogP) is 2.30. The highest BCUT2D eigenvalue weighted by Gasteiger charge is 2.21. The second-order valence-electron chi connectivity index (χ2n) is 5.39. The van der Waals surface area contributed by atoms with Gasteiger partial charge in [0.25, 0.3) is 0 Å². The normalized spacial score (nSPS) is 16.0. The molecule has 1 aliphatic heterocycles. The van der Waals surface area contributed by atoms with Gasteiger partial charge >= 0.3 is 0 Å². The van der Waals surface area contributed by atoms with Crippen LogP contribution in [0.15, 0.2) is 42.7 Å². The molecular formula is C16H20N4O. The van der Waals surface area contributed by atoms with Gasteiger partial charge in [-0.3, -0.25) is 4.79 Å². The highest BCUT2D eigenvalue weighted by atomic mass is 16.2. The Morgan fingerprint density at radius 2 is 2.00 bits per heavy atom. The van der Waals surface area contributed by atoms with E-state index in [4.69, 9.17) is 0 Å². The number of aromatic nitrogens is 2. The average molecular weight is 284 g/mol. The number of hydrogen-bond donors (Lipinski definition) is 1. The minimum atomic E-state index is 0.172. The second kappa shape index (κ2) is 5.99. The number of hydrogen-bond acceptors (Lipinski definition) is 3. The molecule has 0 saturated carbocycles. The predicted molar refractivity (Wildman–Crippen MR) is 82.5 cm³/mol. The lowest BCUT2D eigenvalue weighted by molar-refractivity contribution is -0.129. The second-order valence-corrected chi connectivity index (χ2v) is 5.39. The summed E-state index contributed by atoms with van der Waals surface area (Å²) >= 11 is 0. The first-order valence-corrected chi connectivity index (χ1v) is 7.35. The molecule has 0 spiro atoms. The smallest absolute Gasteiger partial charge is 0.219 e. The van der Waals surface area contributed by atoms with Crippen molar-refractivity contribution in [1.82, 2.24) is 14.7 Å². The van der Waals surface area contributed by atoms with Gasteiger partial charge in [-0.2, -0.15) is 5.10 Å². The summed E-state index contributed by atoms with van der Waals surface area (Å²) in [6, 6.07) is 10.5. The van der Waals surface area contributed by atoms with Gasteiger partial charge in [0.1, 0.15) is 0 Å². The summed E-state index contributed by atoms with van der Waals surface area (Å²) in [5, 5.41) is 7.90. The topological polar surface area (TPSA) is 50.2 Å². The van der Waals surface area contributed by atoms with Crippen molar-refractivity contribution in [3.8, 4) is 5.69 Å². The fourth-order valence-electron chi connectivity index (χ4n) is 2.77. The van der Waals surface area contributed by atoms with E-state index in [1.807, 2.05) is 34.0 Å². The van der Waals surface area contributed by atoms with Gasteiger partial charge in [0.05, 0.1) is 11.4 Å². The third-order valence-electron chi connectivity index (χ3n) is 3.96. The molecule has 5 nitrogen and oxygen atoms in total. The number of likely N-dealkylation sites (tertiary alicyclic amines) is 1. The Balaban J connectivity index is 1.70. The average Bonchev–Trinajstić information content (AvgIpc) is 3.02. The SMILES string of the molecule is CC(=O)N1CCC(Nc2ccccc2-n2cccn2)CC1. The van der Waals surface area contributed by atoms with Gasteiger partial charge in [-0.1, -0.05) is 12.1 Å². The summed E-state index contributed by atoms with van der Waals surface area (Å²) in [6.45, 7) is 3.30. The van der Waals surface area contributed by atoms with Gasteiger partial charge in [0.15, 0.2) is 0 Å². The van der Waals surface area contributed by atoms with Crippen molar-refractivity contribution in [2.45, 2.75) is 25.8 Å². The zero-order valence-electron chi connectivity index (χ0n) is 12.2. The van der Waals surface area contributed by atoms with Crippen LogP contribution < -0.4 is 5.32 Å². The Morgan fingerprint density at radius 3 is 2.67 bits per heavy atom. The van der Waals surface area contributed by atoms with Gasteiger partial charge in [0.2, 0.25) is 5.91 Å². The number of piperidine rings is 1. The van der Waals surface area contributed by atoms with Crippen molar-refractivity contribution in [3.63, 3.8) is 0 Å². The highest BCUT2D eigenvalue weighted by Crippen LogP contribution is 2.22. The number of anilines is 1. The van der Waals surface area contributed by atoms with Crippen LogP contribution in [0.5, 0.6) is 0 Å². The summed E-state index contributed by atoms with van der Waals surface area (Å²) in [5.41, 5.74) is 2.14. The third-order valence-corrected chi connectivity index (χ3v) is 3.96. The Kier molecular flexibility index (Phi) is 3.90. The quantitative estimate of drug-likeness (QED) is 0.941. The van der Waals surface area contributed by atoms with Gasteiger partial charge in [-0.05, 0) is 31.0 Å². The van der Waals surface area contributed by atoms with Crippen molar-refractivity contribution in [3.05, 3.63) is 42.7 Å². The van der Waals surface area contributed by atoms with Gasteiger partial charge < -0.3 is 10.2 Å². The van der Waals surface area contributed by atoms with E-state index in [-0.39, 0.29) is 5.91 Å². The van der Waals surface area contributed by atoms with Crippen LogP contribution in [0.1, 0.15) is 19.8 Å². The first kappa shape index (κ1) is 13.7. The Hall–Kier alpha value is -2.30. The van der Waals surface area contributed by atoms with Crippen molar-refractivity contribution < 1.29 is 4.79 Å². The maximum Gasteiger partial charge on any atom is 0.219 e. The lowest BCUT2D eigenvalue weighted by Crippen LogP contribution is -2.41. The number of rotatable bonds is 3. The molecule has 1 fully saturated rings. The summed E-state index contributed by atoms with van der Waals surface area (Å²) in [5.74, 6) is 0.172. The summed E-state index contributed by atoms with van der Waals surface area (Å²) in [4.78, 5) is 13.3. The largest absolute Gasteiger partial charge is 0.380 e. The van der Waals surface area contributed by atoms with E-state index in [1.165, 1.54) is 0 Å².